The summed E-state index contributed by atoms with van der Waals surface area (Å²) in [6.45, 7) is 10.7. The number of rotatable bonds is 14. The van der Waals surface area contributed by atoms with E-state index in [1.165, 1.54) is 9.80 Å². The molecule has 3 amide bonds. The smallest absolute Gasteiger partial charge is 0.312 e. The number of amides is 3. The number of aliphatic hydroxyl groups excluding tert-OH is 1. The van der Waals surface area contributed by atoms with Gasteiger partial charge in [-0.05, 0) is 43.9 Å². The van der Waals surface area contributed by atoms with Crippen LogP contribution in [0, 0.1) is 18.8 Å². The minimum absolute atomic E-state index is 0.0838. The van der Waals surface area contributed by atoms with Gasteiger partial charge in [0.05, 0.1) is 47.8 Å². The molecule has 1 unspecified atom stereocenters. The number of para-hydroxylation sites is 1. The summed E-state index contributed by atoms with van der Waals surface area (Å²) >= 11 is 10.4. The van der Waals surface area contributed by atoms with Crippen molar-refractivity contribution in [3.63, 3.8) is 0 Å². The molecule has 3 heterocycles. The van der Waals surface area contributed by atoms with Crippen LogP contribution in [0.2, 0.25) is 5.02 Å². The summed E-state index contributed by atoms with van der Waals surface area (Å²) in [5.74, 6) is -3.92. The van der Waals surface area contributed by atoms with Crippen LogP contribution in [0.25, 0.3) is 0 Å². The number of fused-ring (bicyclic) bond motifs is 1. The topological polar surface area (TPSA) is 125 Å². The van der Waals surface area contributed by atoms with E-state index in [4.69, 9.17) is 21.1 Å². The van der Waals surface area contributed by atoms with Gasteiger partial charge in [-0.1, -0.05) is 82.1 Å². The average molecular weight is 743 g/mol. The highest BCUT2D eigenvalue weighted by atomic mass is 79.9. The van der Waals surface area contributed by atoms with Crippen molar-refractivity contribution in [1.29, 1.82) is 0 Å². The van der Waals surface area contributed by atoms with E-state index in [1.807, 2.05) is 19.1 Å². The number of aliphatic hydroxyl groups is 1. The van der Waals surface area contributed by atoms with Gasteiger partial charge in [-0.3, -0.25) is 19.2 Å². The van der Waals surface area contributed by atoms with Crippen LogP contribution in [0.5, 0.6) is 0 Å². The van der Waals surface area contributed by atoms with Crippen LogP contribution in [-0.2, 0) is 28.7 Å². The SMILES string of the molecule is C=CCCC(=O)NC[C@H](C)OC(=O)[C@@H]1[C@H]2O[C@@]3(CC2Br)[C@H](C(=O)N(CC=C)c2c(C)cccc2Cl)N([C@H](CO)c2ccccc2)C(=O)[C@@H]13. The van der Waals surface area contributed by atoms with E-state index in [9.17, 15) is 19.5 Å². The van der Waals surface area contributed by atoms with Gasteiger partial charge in [-0.15, -0.1) is 13.2 Å². The van der Waals surface area contributed by atoms with Gasteiger partial charge < -0.3 is 29.7 Å². The second-order valence-corrected chi connectivity index (χ2v) is 14.1. The van der Waals surface area contributed by atoms with Crippen LogP contribution in [0.15, 0.2) is 73.8 Å². The summed E-state index contributed by atoms with van der Waals surface area (Å²) in [4.78, 5) is 58.4. The first-order chi connectivity index (χ1) is 23.0. The molecule has 2 aromatic carbocycles. The Bertz CT molecular complexity index is 1550. The Hall–Kier alpha value is -3.51. The standard InChI is InChI=1S/C36H41BrClN3O7/c1-5-7-16-27(43)39-19-22(4)47-35(46)28-29-33(44)41(26(20-42)23-13-9-8-10-14-23)32(36(29)18-24(37)31(28)48-36)34(45)40(17-6-2)30-21(3)12-11-15-25(30)38/h5-6,8-15,22,24,26,28-29,31-32,42H,1-2,7,16-20H2,3-4H3,(H,39,43)/t22-,24?,26+,28-,29+,31-,32-,36+/m0/s1. The van der Waals surface area contributed by atoms with E-state index in [2.05, 4.69) is 34.4 Å². The number of allylic oxidation sites excluding steroid dienone is 1. The number of carbonyl (C=O) groups excluding carboxylic acids is 4. The lowest BCUT2D eigenvalue weighted by molar-refractivity contribution is -0.159. The average Bonchev–Trinajstić information content (AvgIpc) is 3.66. The molecule has 0 radical (unpaired) electrons. The number of carbonyl (C=O) groups is 4. The first kappa shape index (κ1) is 35.8. The highest BCUT2D eigenvalue weighted by Crippen LogP contribution is 2.61. The number of hydrogen-bond donors (Lipinski definition) is 2. The van der Waals surface area contributed by atoms with E-state index in [1.54, 1.807) is 55.5 Å². The molecule has 5 rings (SSSR count). The summed E-state index contributed by atoms with van der Waals surface area (Å²) in [6, 6.07) is 12.1. The maximum atomic E-state index is 15.0. The number of aryl methyl sites for hydroxylation is 1. The fraction of sp³-hybridized carbons (Fsp3) is 0.444. The lowest BCUT2D eigenvalue weighted by Gasteiger charge is -2.40. The van der Waals surface area contributed by atoms with Crippen molar-refractivity contribution < 1.29 is 33.8 Å². The molecule has 3 saturated heterocycles. The summed E-state index contributed by atoms with van der Waals surface area (Å²) < 4.78 is 12.5. The van der Waals surface area contributed by atoms with Crippen molar-refractivity contribution in [3.05, 3.63) is 90.0 Å². The number of nitrogens with one attached hydrogen (secondary N) is 1. The van der Waals surface area contributed by atoms with Gasteiger partial charge in [0.15, 0.2) is 0 Å². The fourth-order valence-electron chi connectivity index (χ4n) is 7.41. The Morgan fingerprint density at radius 1 is 1.21 bits per heavy atom. The lowest BCUT2D eigenvalue weighted by Crippen LogP contribution is -2.57. The van der Waals surface area contributed by atoms with Crippen molar-refractivity contribution in [2.75, 3.05) is 24.6 Å². The summed E-state index contributed by atoms with van der Waals surface area (Å²) in [6.07, 6.45) is 2.83. The zero-order valence-corrected chi connectivity index (χ0v) is 29.4. The van der Waals surface area contributed by atoms with Gasteiger partial charge in [0.2, 0.25) is 11.8 Å². The molecular formula is C36H41BrClN3O7. The van der Waals surface area contributed by atoms with Gasteiger partial charge >= 0.3 is 5.97 Å². The molecular weight excluding hydrogens is 702 g/mol. The van der Waals surface area contributed by atoms with Crippen molar-refractivity contribution >= 4 is 56.9 Å². The molecule has 3 fully saturated rings. The van der Waals surface area contributed by atoms with Crippen molar-refractivity contribution in [3.8, 4) is 0 Å². The first-order valence-corrected chi connectivity index (χ1v) is 17.3. The molecule has 0 aliphatic carbocycles. The molecule has 12 heteroatoms. The van der Waals surface area contributed by atoms with Gasteiger partial charge in [-0.2, -0.15) is 0 Å². The minimum atomic E-state index is -1.42. The number of benzene rings is 2. The Morgan fingerprint density at radius 2 is 1.94 bits per heavy atom. The van der Waals surface area contributed by atoms with Gasteiger partial charge in [0, 0.05) is 17.8 Å². The molecule has 48 heavy (non-hydrogen) atoms. The van der Waals surface area contributed by atoms with Crippen LogP contribution < -0.4 is 10.2 Å². The lowest BCUT2D eigenvalue weighted by atomic mass is 9.70. The number of esters is 1. The second-order valence-electron chi connectivity index (χ2n) is 12.5. The molecule has 1 spiro atoms. The number of likely N-dealkylation sites (tertiary alicyclic amines) is 1. The predicted molar refractivity (Wildman–Crippen MR) is 186 cm³/mol. The maximum Gasteiger partial charge on any atom is 0.312 e. The molecule has 2 aromatic rings. The second kappa shape index (κ2) is 14.9. The Balaban J connectivity index is 1.55. The van der Waals surface area contributed by atoms with Gasteiger partial charge in [0.25, 0.3) is 5.91 Å². The number of ether oxygens (including phenoxy) is 2. The van der Waals surface area contributed by atoms with Crippen molar-refractivity contribution in [2.45, 2.75) is 67.8 Å². The Labute approximate surface area is 294 Å². The monoisotopic (exact) mass is 741 g/mol. The third-order valence-electron chi connectivity index (χ3n) is 9.44. The molecule has 2 bridgehead atoms. The zero-order chi connectivity index (χ0) is 34.7. The number of hydrogen-bond acceptors (Lipinski definition) is 7. The number of halogens is 2. The molecule has 2 N–H and O–H groups in total. The first-order valence-electron chi connectivity index (χ1n) is 16.1. The maximum absolute atomic E-state index is 15.0. The molecule has 256 valence electrons. The van der Waals surface area contributed by atoms with Crippen LogP contribution in [-0.4, -0.2) is 82.1 Å². The predicted octanol–water partition coefficient (Wildman–Crippen LogP) is 4.66. The van der Waals surface area contributed by atoms with E-state index in [-0.39, 0.29) is 36.7 Å². The summed E-state index contributed by atoms with van der Waals surface area (Å²) in [5, 5.41) is 13.9. The summed E-state index contributed by atoms with van der Waals surface area (Å²) in [5.41, 5.74) is 0.415. The van der Waals surface area contributed by atoms with Crippen LogP contribution in [0.3, 0.4) is 0 Å². The quantitative estimate of drug-likeness (QED) is 0.164. The van der Waals surface area contributed by atoms with Crippen molar-refractivity contribution in [2.24, 2.45) is 11.8 Å². The fourth-order valence-corrected chi connectivity index (χ4v) is 8.68. The molecule has 0 aromatic heterocycles. The van der Waals surface area contributed by atoms with Crippen LogP contribution in [0.4, 0.5) is 5.69 Å². The van der Waals surface area contributed by atoms with E-state index in [0.717, 1.165) is 5.56 Å². The number of alkyl halides is 1. The van der Waals surface area contributed by atoms with Gasteiger partial charge in [0.1, 0.15) is 17.7 Å². The van der Waals surface area contributed by atoms with Crippen molar-refractivity contribution in [1.82, 2.24) is 10.2 Å². The summed E-state index contributed by atoms with van der Waals surface area (Å²) in [7, 11) is 0. The highest BCUT2D eigenvalue weighted by Gasteiger charge is 2.77. The zero-order valence-electron chi connectivity index (χ0n) is 27.0. The van der Waals surface area contributed by atoms with Gasteiger partial charge in [-0.25, -0.2) is 0 Å². The Kier molecular flexibility index (Phi) is 11.1. The molecule has 10 nitrogen and oxygen atoms in total. The molecule has 3 aliphatic heterocycles. The van der Waals surface area contributed by atoms with E-state index < -0.39 is 66.1 Å². The molecule has 3 aliphatic rings. The largest absolute Gasteiger partial charge is 0.460 e. The molecule has 8 atom stereocenters. The highest BCUT2D eigenvalue weighted by molar-refractivity contribution is 9.09. The third kappa shape index (κ3) is 6.45. The Morgan fingerprint density at radius 3 is 2.58 bits per heavy atom. The molecule has 0 saturated carbocycles. The van der Waals surface area contributed by atoms with Crippen LogP contribution in [0.1, 0.15) is 43.4 Å². The van der Waals surface area contributed by atoms with E-state index in [0.29, 0.717) is 22.7 Å². The number of nitrogens with zero attached hydrogens (tertiary/aromatic N) is 2. The number of anilines is 1. The third-order valence-corrected chi connectivity index (χ3v) is 10.6. The normalized spacial score (nSPS) is 26.8. The minimum Gasteiger partial charge on any atom is -0.460 e. The van der Waals surface area contributed by atoms with E-state index >= 15 is 4.79 Å². The van der Waals surface area contributed by atoms with Crippen LogP contribution >= 0.6 is 27.5 Å².